The molecule has 0 aromatic rings. The average molecular weight is 268 g/mol. The summed E-state index contributed by atoms with van der Waals surface area (Å²) in [6.07, 6.45) is 1.55. The van der Waals surface area contributed by atoms with Gasteiger partial charge in [0, 0.05) is 27.2 Å². The number of amides is 3. The topological polar surface area (TPSA) is 81.8 Å². The van der Waals surface area contributed by atoms with Crippen molar-refractivity contribution in [3.05, 3.63) is 0 Å². The van der Waals surface area contributed by atoms with Gasteiger partial charge in [-0.15, -0.1) is 0 Å². The number of nitrogens with one attached hydrogen (secondary N) is 2. The number of rotatable bonds is 2. The largest absolute Gasteiger partial charge is 0.353 e. The maximum absolute atomic E-state index is 12.4. The second-order valence-electron chi connectivity index (χ2n) is 5.16. The summed E-state index contributed by atoms with van der Waals surface area (Å²) >= 11 is 0. The van der Waals surface area contributed by atoms with Crippen molar-refractivity contribution >= 4 is 17.7 Å². The van der Waals surface area contributed by atoms with Crippen molar-refractivity contribution in [1.29, 1.82) is 0 Å². The van der Waals surface area contributed by atoms with Crippen molar-refractivity contribution in [2.75, 3.05) is 33.7 Å². The fourth-order valence-electron chi connectivity index (χ4n) is 2.53. The van der Waals surface area contributed by atoms with E-state index in [1.54, 1.807) is 19.0 Å². The highest BCUT2D eigenvalue weighted by atomic mass is 16.2. The summed E-state index contributed by atoms with van der Waals surface area (Å²) in [4.78, 5) is 38.6. The molecule has 106 valence electrons. The molecule has 0 radical (unpaired) electrons. The highest BCUT2D eigenvalue weighted by Crippen LogP contribution is 2.20. The molecule has 0 aromatic heterocycles. The standard InChI is InChI=1S/C12H20N4O3/c1-15(2)12(19)9-4-3-5-16(9)11(18)8-6-14-10(17)7-13-8/h8-9,13H,3-7H2,1-2H3,(H,14,17). The van der Waals surface area contributed by atoms with Crippen LogP contribution in [0.2, 0.25) is 0 Å². The zero-order valence-corrected chi connectivity index (χ0v) is 11.3. The third kappa shape index (κ3) is 2.86. The Morgan fingerprint density at radius 1 is 1.37 bits per heavy atom. The van der Waals surface area contributed by atoms with Gasteiger partial charge in [-0.2, -0.15) is 0 Å². The summed E-state index contributed by atoms with van der Waals surface area (Å²) in [5.41, 5.74) is 0. The molecule has 19 heavy (non-hydrogen) atoms. The van der Waals surface area contributed by atoms with Crippen molar-refractivity contribution in [2.45, 2.75) is 24.9 Å². The zero-order valence-electron chi connectivity index (χ0n) is 11.3. The van der Waals surface area contributed by atoms with Crippen molar-refractivity contribution in [3.8, 4) is 0 Å². The van der Waals surface area contributed by atoms with Gasteiger partial charge in [-0.3, -0.25) is 19.7 Å². The molecule has 0 aromatic carbocycles. The number of carbonyl (C=O) groups excluding carboxylic acids is 3. The van der Waals surface area contributed by atoms with E-state index in [1.165, 1.54) is 4.90 Å². The normalized spacial score (nSPS) is 27.1. The Morgan fingerprint density at radius 2 is 2.11 bits per heavy atom. The summed E-state index contributed by atoms with van der Waals surface area (Å²) in [6.45, 7) is 1.04. The molecule has 0 spiro atoms. The van der Waals surface area contributed by atoms with Crippen LogP contribution in [0.1, 0.15) is 12.8 Å². The lowest BCUT2D eigenvalue weighted by Crippen LogP contribution is -2.60. The van der Waals surface area contributed by atoms with Crippen LogP contribution < -0.4 is 10.6 Å². The van der Waals surface area contributed by atoms with Gasteiger partial charge in [-0.25, -0.2) is 0 Å². The van der Waals surface area contributed by atoms with Crippen LogP contribution in [0.25, 0.3) is 0 Å². The Kier molecular flexibility index (Phi) is 4.04. The van der Waals surface area contributed by atoms with Crippen LogP contribution in [0, 0.1) is 0 Å². The van der Waals surface area contributed by atoms with Crippen molar-refractivity contribution in [3.63, 3.8) is 0 Å². The summed E-state index contributed by atoms with van der Waals surface area (Å²) in [6, 6.07) is -0.782. The number of piperazine rings is 1. The first-order chi connectivity index (χ1) is 9.00. The van der Waals surface area contributed by atoms with Gasteiger partial charge < -0.3 is 15.1 Å². The first kappa shape index (κ1) is 13.8. The Bertz CT molecular complexity index is 386. The van der Waals surface area contributed by atoms with Crippen LogP contribution in [0.5, 0.6) is 0 Å². The summed E-state index contributed by atoms with van der Waals surface area (Å²) in [7, 11) is 3.39. The first-order valence-corrected chi connectivity index (χ1v) is 6.52. The zero-order chi connectivity index (χ0) is 14.0. The van der Waals surface area contributed by atoms with E-state index in [-0.39, 0.29) is 36.9 Å². The monoisotopic (exact) mass is 268 g/mol. The third-order valence-electron chi connectivity index (χ3n) is 3.57. The van der Waals surface area contributed by atoms with Gasteiger partial charge in [0.2, 0.25) is 17.7 Å². The second kappa shape index (κ2) is 5.56. The van der Waals surface area contributed by atoms with Crippen LogP contribution in [0.15, 0.2) is 0 Å². The van der Waals surface area contributed by atoms with Crippen LogP contribution in [-0.2, 0) is 14.4 Å². The van der Waals surface area contributed by atoms with Crippen LogP contribution in [0.3, 0.4) is 0 Å². The molecule has 2 atom stereocenters. The molecular weight excluding hydrogens is 248 g/mol. The minimum absolute atomic E-state index is 0.0364. The molecule has 3 amide bonds. The molecule has 2 heterocycles. The SMILES string of the molecule is CN(C)C(=O)C1CCCN1C(=O)C1CNC(=O)CN1. The summed E-state index contributed by atoms with van der Waals surface area (Å²) in [5, 5.41) is 5.57. The van der Waals surface area contributed by atoms with Gasteiger partial charge in [0.1, 0.15) is 12.1 Å². The fourth-order valence-corrected chi connectivity index (χ4v) is 2.53. The Labute approximate surface area is 112 Å². The maximum Gasteiger partial charge on any atom is 0.244 e. The predicted octanol–water partition coefficient (Wildman–Crippen LogP) is -1.85. The van der Waals surface area contributed by atoms with E-state index in [2.05, 4.69) is 10.6 Å². The number of likely N-dealkylation sites (tertiary alicyclic amines) is 1. The highest BCUT2D eigenvalue weighted by molar-refractivity contribution is 5.91. The molecule has 7 nitrogen and oxygen atoms in total. The molecule has 0 saturated carbocycles. The van der Waals surface area contributed by atoms with Crippen molar-refractivity contribution in [1.82, 2.24) is 20.4 Å². The van der Waals surface area contributed by atoms with E-state index in [4.69, 9.17) is 0 Å². The smallest absolute Gasteiger partial charge is 0.244 e. The van der Waals surface area contributed by atoms with Gasteiger partial charge in [-0.05, 0) is 12.8 Å². The highest BCUT2D eigenvalue weighted by Gasteiger charge is 2.38. The molecular formula is C12H20N4O3. The lowest BCUT2D eigenvalue weighted by molar-refractivity contribution is -0.144. The van der Waals surface area contributed by atoms with E-state index in [0.29, 0.717) is 13.0 Å². The second-order valence-corrected chi connectivity index (χ2v) is 5.16. The van der Waals surface area contributed by atoms with Gasteiger partial charge >= 0.3 is 0 Å². The lowest BCUT2D eigenvalue weighted by Gasteiger charge is -2.31. The van der Waals surface area contributed by atoms with Gasteiger partial charge in [-0.1, -0.05) is 0 Å². The van der Waals surface area contributed by atoms with Crippen LogP contribution in [0.4, 0.5) is 0 Å². The number of hydrogen-bond acceptors (Lipinski definition) is 4. The fraction of sp³-hybridized carbons (Fsp3) is 0.750. The minimum atomic E-state index is -0.423. The van der Waals surface area contributed by atoms with E-state index in [9.17, 15) is 14.4 Å². The lowest BCUT2D eigenvalue weighted by atomic mass is 10.1. The molecule has 7 heteroatoms. The maximum atomic E-state index is 12.4. The first-order valence-electron chi connectivity index (χ1n) is 6.52. The third-order valence-corrected chi connectivity index (χ3v) is 3.57. The number of nitrogens with zero attached hydrogens (tertiary/aromatic N) is 2. The van der Waals surface area contributed by atoms with Gasteiger partial charge in [0.05, 0.1) is 6.54 Å². The molecule has 2 unspecified atom stereocenters. The van der Waals surface area contributed by atoms with E-state index < -0.39 is 6.04 Å². The van der Waals surface area contributed by atoms with Crippen molar-refractivity contribution in [2.24, 2.45) is 0 Å². The average Bonchev–Trinajstić information content (AvgIpc) is 2.86. The summed E-state index contributed by atoms with van der Waals surface area (Å²) in [5.74, 6) is -0.241. The molecule has 0 bridgehead atoms. The molecule has 2 aliphatic heterocycles. The molecule has 2 aliphatic rings. The number of likely N-dealkylation sites (N-methyl/N-ethyl adjacent to an activating group) is 1. The molecule has 0 aliphatic carbocycles. The molecule has 2 fully saturated rings. The Morgan fingerprint density at radius 3 is 2.68 bits per heavy atom. The van der Waals surface area contributed by atoms with Gasteiger partial charge in [0.15, 0.2) is 0 Å². The number of hydrogen-bond donors (Lipinski definition) is 2. The summed E-state index contributed by atoms with van der Waals surface area (Å²) < 4.78 is 0. The molecule has 2 rings (SSSR count). The number of carbonyl (C=O) groups is 3. The van der Waals surface area contributed by atoms with E-state index in [0.717, 1.165) is 6.42 Å². The minimum Gasteiger partial charge on any atom is -0.353 e. The van der Waals surface area contributed by atoms with Crippen LogP contribution in [-0.4, -0.2) is 73.3 Å². The Hall–Kier alpha value is -1.63. The van der Waals surface area contributed by atoms with E-state index >= 15 is 0 Å². The molecule has 2 N–H and O–H groups in total. The quantitative estimate of drug-likeness (QED) is 0.616. The Balaban J connectivity index is 2.01. The molecule has 2 saturated heterocycles. The van der Waals surface area contributed by atoms with Gasteiger partial charge in [0.25, 0.3) is 0 Å². The van der Waals surface area contributed by atoms with Crippen molar-refractivity contribution < 1.29 is 14.4 Å². The van der Waals surface area contributed by atoms with E-state index in [1.807, 2.05) is 0 Å². The predicted molar refractivity (Wildman–Crippen MR) is 68.2 cm³/mol. The van der Waals surface area contributed by atoms with Crippen LogP contribution >= 0.6 is 0 Å².